The van der Waals surface area contributed by atoms with Gasteiger partial charge in [0.05, 0.1) is 24.3 Å². The minimum atomic E-state index is 0.00699. The monoisotopic (exact) mass is 423 g/mol. The fourth-order valence-electron chi connectivity index (χ4n) is 5.10. The van der Waals surface area contributed by atoms with E-state index >= 15 is 0 Å². The van der Waals surface area contributed by atoms with E-state index in [1.54, 1.807) is 0 Å². The van der Waals surface area contributed by atoms with Gasteiger partial charge in [0.2, 0.25) is 5.82 Å². The van der Waals surface area contributed by atoms with E-state index in [9.17, 15) is 4.79 Å². The lowest BCUT2D eigenvalue weighted by atomic mass is 10.1. The van der Waals surface area contributed by atoms with Gasteiger partial charge < -0.3 is 14.6 Å². The second-order valence-electron chi connectivity index (χ2n) is 9.12. The summed E-state index contributed by atoms with van der Waals surface area (Å²) in [5.41, 5.74) is 2.88. The van der Waals surface area contributed by atoms with Crippen molar-refractivity contribution < 1.29 is 9.64 Å². The summed E-state index contributed by atoms with van der Waals surface area (Å²) in [6.45, 7) is 4.97. The molecule has 1 saturated carbocycles. The number of H-pyrrole nitrogens is 1. The quantitative estimate of drug-likeness (QED) is 0.602. The lowest BCUT2D eigenvalue weighted by Crippen LogP contribution is -3.13. The van der Waals surface area contributed by atoms with Crippen molar-refractivity contribution in [3.63, 3.8) is 0 Å². The van der Waals surface area contributed by atoms with Crippen molar-refractivity contribution in [3.05, 3.63) is 51.6 Å². The van der Waals surface area contributed by atoms with E-state index < -0.39 is 0 Å². The van der Waals surface area contributed by atoms with Crippen molar-refractivity contribution in [2.75, 3.05) is 6.61 Å². The summed E-state index contributed by atoms with van der Waals surface area (Å²) in [5.74, 6) is 0.880. The van der Waals surface area contributed by atoms with Gasteiger partial charge in [-0.15, -0.1) is 5.10 Å². The molecule has 2 aromatic heterocycles. The van der Waals surface area contributed by atoms with E-state index in [2.05, 4.69) is 38.7 Å². The standard InChI is InChI=1S/C23H30N6O2/c1-16-8-9-17-12-18(23(30)24-21(17)11-16)13-28(19-5-2-3-6-19)15-22-25-26-27-29(22)14-20-7-4-10-31-20/h8-9,11-12,19-20H,2-7,10,13-15H2,1H3,(H,24,30)/p+1/t20-/m0/s1. The predicted molar refractivity (Wildman–Crippen MR) is 117 cm³/mol. The normalized spacial score (nSPS) is 20.6. The first-order valence-electron chi connectivity index (χ1n) is 11.5. The first-order valence-corrected chi connectivity index (χ1v) is 11.5. The maximum absolute atomic E-state index is 12.9. The van der Waals surface area contributed by atoms with E-state index in [1.807, 2.05) is 17.7 Å². The first-order chi connectivity index (χ1) is 15.2. The zero-order chi connectivity index (χ0) is 21.2. The number of nitrogens with one attached hydrogen (secondary N) is 2. The van der Waals surface area contributed by atoms with Gasteiger partial charge in [-0.1, -0.05) is 12.1 Å². The molecule has 0 amide bonds. The summed E-state index contributed by atoms with van der Waals surface area (Å²) in [4.78, 5) is 17.3. The molecule has 1 unspecified atom stereocenters. The van der Waals surface area contributed by atoms with E-state index in [-0.39, 0.29) is 11.7 Å². The second-order valence-corrected chi connectivity index (χ2v) is 9.12. The van der Waals surface area contributed by atoms with Gasteiger partial charge in [-0.25, -0.2) is 4.68 Å². The smallest absolute Gasteiger partial charge is 0.257 e. The van der Waals surface area contributed by atoms with Crippen molar-refractivity contribution >= 4 is 10.9 Å². The highest BCUT2D eigenvalue weighted by Crippen LogP contribution is 2.17. The number of tetrazole rings is 1. The van der Waals surface area contributed by atoms with Crippen molar-refractivity contribution in [1.29, 1.82) is 0 Å². The molecule has 31 heavy (non-hydrogen) atoms. The van der Waals surface area contributed by atoms with Crippen LogP contribution in [0.2, 0.25) is 0 Å². The molecule has 2 atom stereocenters. The van der Waals surface area contributed by atoms with Gasteiger partial charge in [0.25, 0.3) is 5.56 Å². The summed E-state index contributed by atoms with van der Waals surface area (Å²) in [6, 6.07) is 8.78. The van der Waals surface area contributed by atoms with Crippen LogP contribution in [0.1, 0.15) is 55.5 Å². The molecule has 1 aliphatic heterocycles. The van der Waals surface area contributed by atoms with E-state index in [1.165, 1.54) is 30.6 Å². The third-order valence-electron chi connectivity index (χ3n) is 6.82. The Bertz CT molecular complexity index is 1090. The minimum Gasteiger partial charge on any atom is -0.376 e. The molecular weight excluding hydrogens is 392 g/mol. The van der Waals surface area contributed by atoms with Crippen LogP contribution in [-0.4, -0.2) is 43.9 Å². The molecule has 2 fully saturated rings. The lowest BCUT2D eigenvalue weighted by molar-refractivity contribution is -0.952. The van der Waals surface area contributed by atoms with Gasteiger partial charge in [-0.05, 0) is 79.0 Å². The van der Waals surface area contributed by atoms with Gasteiger partial charge in [0, 0.05) is 12.1 Å². The molecule has 8 nitrogen and oxygen atoms in total. The van der Waals surface area contributed by atoms with Crippen LogP contribution in [0.15, 0.2) is 29.1 Å². The Labute approximate surface area is 181 Å². The number of rotatable bonds is 7. The SMILES string of the molecule is Cc1ccc2cc(C[NH+](Cc3nnnn3C[C@@H]3CCCO3)C3CCCC3)c(=O)[nH]c2c1. The van der Waals surface area contributed by atoms with E-state index in [0.29, 0.717) is 19.1 Å². The number of pyridine rings is 1. The van der Waals surface area contributed by atoms with Crippen LogP contribution >= 0.6 is 0 Å². The van der Waals surface area contributed by atoms with Gasteiger partial charge in [-0.2, -0.15) is 0 Å². The fourth-order valence-corrected chi connectivity index (χ4v) is 5.10. The van der Waals surface area contributed by atoms with Crippen LogP contribution in [0.3, 0.4) is 0 Å². The van der Waals surface area contributed by atoms with Crippen LogP contribution < -0.4 is 10.5 Å². The molecule has 0 radical (unpaired) electrons. The number of fused-ring (bicyclic) bond motifs is 1. The topological polar surface area (TPSA) is 90.1 Å². The van der Waals surface area contributed by atoms with Crippen LogP contribution in [0.5, 0.6) is 0 Å². The summed E-state index contributed by atoms with van der Waals surface area (Å²) >= 11 is 0. The highest BCUT2D eigenvalue weighted by molar-refractivity contribution is 5.79. The Balaban J connectivity index is 1.39. The maximum Gasteiger partial charge on any atom is 0.257 e. The molecule has 3 aromatic rings. The number of quaternary nitrogens is 1. The number of hydrogen-bond donors (Lipinski definition) is 2. The van der Waals surface area contributed by atoms with Gasteiger partial charge >= 0.3 is 0 Å². The molecule has 1 aliphatic carbocycles. The number of hydrogen-bond acceptors (Lipinski definition) is 5. The van der Waals surface area contributed by atoms with Crippen molar-refractivity contribution in [2.24, 2.45) is 0 Å². The van der Waals surface area contributed by atoms with Gasteiger partial charge in [-0.3, -0.25) is 4.79 Å². The largest absolute Gasteiger partial charge is 0.376 e. The van der Waals surface area contributed by atoms with Crippen molar-refractivity contribution in [2.45, 2.75) is 77.2 Å². The van der Waals surface area contributed by atoms with Crippen LogP contribution in [0.25, 0.3) is 10.9 Å². The third kappa shape index (κ3) is 4.55. The van der Waals surface area contributed by atoms with E-state index in [0.717, 1.165) is 53.8 Å². The first kappa shape index (κ1) is 20.3. The number of nitrogens with zero attached hydrogens (tertiary/aromatic N) is 4. The average Bonchev–Trinajstić information content (AvgIpc) is 3.52. The number of ether oxygens (including phenoxy) is 1. The third-order valence-corrected chi connectivity index (χ3v) is 6.82. The van der Waals surface area contributed by atoms with Gasteiger partial charge in [0.15, 0.2) is 0 Å². The molecule has 5 rings (SSSR count). The zero-order valence-corrected chi connectivity index (χ0v) is 18.1. The van der Waals surface area contributed by atoms with E-state index in [4.69, 9.17) is 4.74 Å². The molecule has 1 saturated heterocycles. The summed E-state index contributed by atoms with van der Waals surface area (Å²) < 4.78 is 7.68. The molecule has 2 aliphatic rings. The predicted octanol–water partition coefficient (Wildman–Crippen LogP) is 1.53. The molecule has 3 heterocycles. The fraction of sp³-hybridized carbons (Fsp3) is 0.565. The molecule has 0 bridgehead atoms. The molecule has 0 spiro atoms. The lowest BCUT2D eigenvalue weighted by Gasteiger charge is -2.25. The van der Waals surface area contributed by atoms with Crippen molar-refractivity contribution in [1.82, 2.24) is 25.2 Å². The molecule has 164 valence electrons. The Morgan fingerprint density at radius 1 is 1.16 bits per heavy atom. The molecule has 2 N–H and O–H groups in total. The summed E-state index contributed by atoms with van der Waals surface area (Å²) in [5, 5.41) is 13.6. The van der Waals surface area contributed by atoms with Crippen molar-refractivity contribution in [3.8, 4) is 0 Å². The minimum absolute atomic E-state index is 0.00699. The highest BCUT2D eigenvalue weighted by Gasteiger charge is 2.29. The highest BCUT2D eigenvalue weighted by atomic mass is 16.5. The Morgan fingerprint density at radius 2 is 2.03 bits per heavy atom. The molecule has 1 aromatic carbocycles. The molecular formula is C23H31N6O2+. The van der Waals surface area contributed by atoms with Crippen LogP contribution in [0, 0.1) is 6.92 Å². The summed E-state index contributed by atoms with van der Waals surface area (Å²) in [6.07, 6.45) is 7.24. The molecule has 8 heteroatoms. The number of benzene rings is 1. The maximum atomic E-state index is 12.9. The number of aromatic nitrogens is 5. The van der Waals surface area contributed by atoms with Crippen LogP contribution in [-0.2, 0) is 24.4 Å². The Kier molecular flexibility index (Phi) is 5.82. The number of aryl methyl sites for hydroxylation is 1. The zero-order valence-electron chi connectivity index (χ0n) is 18.1. The van der Waals surface area contributed by atoms with Crippen LogP contribution in [0.4, 0.5) is 0 Å². The van der Waals surface area contributed by atoms with Gasteiger partial charge in [0.1, 0.15) is 13.1 Å². The average molecular weight is 424 g/mol. The Hall–Kier alpha value is -2.58. The summed E-state index contributed by atoms with van der Waals surface area (Å²) in [7, 11) is 0. The second kappa shape index (κ2) is 8.88. The Morgan fingerprint density at radius 3 is 2.84 bits per heavy atom. The number of aromatic amines is 1.